The number of aliphatic hydroxyl groups excluding tert-OH is 1. The van der Waals surface area contributed by atoms with Crippen molar-refractivity contribution in [1.82, 2.24) is 4.90 Å². The average Bonchev–Trinajstić information content (AvgIpc) is 2.41. The Hall–Kier alpha value is -1.06. The second kappa shape index (κ2) is 8.18. The summed E-state index contributed by atoms with van der Waals surface area (Å²) in [6.07, 6.45) is 2.79. The second-order valence-corrected chi connectivity index (χ2v) is 5.21. The van der Waals surface area contributed by atoms with Crippen LogP contribution in [0.1, 0.15) is 50.3 Å². The van der Waals surface area contributed by atoms with Crippen molar-refractivity contribution in [2.24, 2.45) is 0 Å². The van der Waals surface area contributed by atoms with Gasteiger partial charge in [-0.25, -0.2) is 0 Å². The molecule has 0 spiro atoms. The standard InChI is InChI=1S/C16H28N2O/c1-4-6-10-18(5-2)11-9-16(19)14-8-7-13(3)15(17)12-14/h7-8,12,16,19H,4-6,9-11,17H2,1-3H3. The third-order valence-electron chi connectivity index (χ3n) is 3.68. The largest absolute Gasteiger partial charge is 0.399 e. The zero-order valence-corrected chi connectivity index (χ0v) is 12.5. The maximum Gasteiger partial charge on any atom is 0.0803 e. The van der Waals surface area contributed by atoms with Crippen molar-refractivity contribution in [3.8, 4) is 0 Å². The lowest BCUT2D eigenvalue weighted by Gasteiger charge is -2.22. The van der Waals surface area contributed by atoms with E-state index in [9.17, 15) is 5.11 Å². The van der Waals surface area contributed by atoms with Crippen LogP contribution < -0.4 is 5.73 Å². The zero-order chi connectivity index (χ0) is 14.3. The molecular weight excluding hydrogens is 236 g/mol. The number of benzene rings is 1. The molecule has 1 aromatic rings. The lowest BCUT2D eigenvalue weighted by Crippen LogP contribution is -2.26. The monoisotopic (exact) mass is 264 g/mol. The third-order valence-corrected chi connectivity index (χ3v) is 3.68. The minimum Gasteiger partial charge on any atom is -0.399 e. The van der Waals surface area contributed by atoms with E-state index in [1.165, 1.54) is 12.8 Å². The molecule has 3 N–H and O–H groups in total. The summed E-state index contributed by atoms with van der Waals surface area (Å²) < 4.78 is 0. The van der Waals surface area contributed by atoms with Crippen molar-refractivity contribution in [2.75, 3.05) is 25.4 Å². The lowest BCUT2D eigenvalue weighted by molar-refractivity contribution is 0.143. The predicted octanol–water partition coefficient (Wildman–Crippen LogP) is 3.12. The van der Waals surface area contributed by atoms with Gasteiger partial charge in [0.1, 0.15) is 0 Å². The molecule has 1 rings (SSSR count). The number of nitrogens with zero attached hydrogens (tertiary/aromatic N) is 1. The second-order valence-electron chi connectivity index (χ2n) is 5.21. The summed E-state index contributed by atoms with van der Waals surface area (Å²) in [5, 5.41) is 10.2. The zero-order valence-electron chi connectivity index (χ0n) is 12.5. The molecule has 0 aliphatic rings. The fraction of sp³-hybridized carbons (Fsp3) is 0.625. The fourth-order valence-electron chi connectivity index (χ4n) is 2.15. The van der Waals surface area contributed by atoms with Gasteiger partial charge in [0.2, 0.25) is 0 Å². The predicted molar refractivity (Wildman–Crippen MR) is 82.2 cm³/mol. The molecule has 0 bridgehead atoms. The van der Waals surface area contributed by atoms with Gasteiger partial charge in [0.15, 0.2) is 0 Å². The topological polar surface area (TPSA) is 49.5 Å². The molecule has 1 atom stereocenters. The minimum absolute atomic E-state index is 0.418. The number of unbranched alkanes of at least 4 members (excludes halogenated alkanes) is 1. The SMILES string of the molecule is CCCCN(CC)CCC(O)c1ccc(C)c(N)c1. The molecule has 0 saturated carbocycles. The van der Waals surface area contributed by atoms with E-state index in [0.717, 1.165) is 42.9 Å². The molecule has 0 radical (unpaired) electrons. The molecule has 0 aliphatic heterocycles. The van der Waals surface area contributed by atoms with Gasteiger partial charge in [-0.3, -0.25) is 0 Å². The van der Waals surface area contributed by atoms with Gasteiger partial charge in [-0.1, -0.05) is 32.4 Å². The molecule has 19 heavy (non-hydrogen) atoms. The number of anilines is 1. The smallest absolute Gasteiger partial charge is 0.0803 e. The molecule has 0 aromatic heterocycles. The summed E-state index contributed by atoms with van der Waals surface area (Å²) >= 11 is 0. The van der Waals surface area contributed by atoms with Crippen molar-refractivity contribution < 1.29 is 5.11 Å². The number of aryl methyl sites for hydroxylation is 1. The molecule has 0 aliphatic carbocycles. The van der Waals surface area contributed by atoms with E-state index in [2.05, 4.69) is 18.7 Å². The first-order valence-corrected chi connectivity index (χ1v) is 7.34. The van der Waals surface area contributed by atoms with E-state index < -0.39 is 6.10 Å². The van der Waals surface area contributed by atoms with E-state index in [1.807, 2.05) is 25.1 Å². The first kappa shape index (κ1) is 16.0. The maximum atomic E-state index is 10.2. The van der Waals surface area contributed by atoms with Gasteiger partial charge >= 0.3 is 0 Å². The summed E-state index contributed by atoms with van der Waals surface area (Å²) in [5.74, 6) is 0. The molecule has 0 saturated heterocycles. The number of rotatable bonds is 8. The van der Waals surface area contributed by atoms with Gasteiger partial charge in [0, 0.05) is 12.2 Å². The highest BCUT2D eigenvalue weighted by atomic mass is 16.3. The van der Waals surface area contributed by atoms with Crippen LogP contribution in [-0.4, -0.2) is 29.6 Å². The number of nitrogen functional groups attached to an aromatic ring is 1. The minimum atomic E-state index is -0.418. The molecule has 3 heteroatoms. The van der Waals surface area contributed by atoms with Crippen molar-refractivity contribution in [3.05, 3.63) is 29.3 Å². The molecule has 0 amide bonds. The first-order valence-electron chi connectivity index (χ1n) is 7.34. The van der Waals surface area contributed by atoms with Crippen LogP contribution in [0.25, 0.3) is 0 Å². The Bertz CT molecular complexity index is 379. The quantitative estimate of drug-likeness (QED) is 0.709. The molecule has 0 fully saturated rings. The Balaban J connectivity index is 2.49. The van der Waals surface area contributed by atoms with Gasteiger partial charge in [-0.2, -0.15) is 0 Å². The van der Waals surface area contributed by atoms with Crippen molar-refractivity contribution in [1.29, 1.82) is 0 Å². The normalized spacial score (nSPS) is 12.9. The summed E-state index contributed by atoms with van der Waals surface area (Å²) in [7, 11) is 0. The number of aliphatic hydroxyl groups is 1. The summed E-state index contributed by atoms with van der Waals surface area (Å²) in [4.78, 5) is 2.39. The van der Waals surface area contributed by atoms with Gasteiger partial charge in [-0.05, 0) is 50.0 Å². The van der Waals surface area contributed by atoms with Gasteiger partial charge < -0.3 is 15.7 Å². The Morgan fingerprint density at radius 1 is 1.26 bits per heavy atom. The van der Waals surface area contributed by atoms with Crippen LogP contribution in [0.2, 0.25) is 0 Å². The Morgan fingerprint density at radius 3 is 2.58 bits per heavy atom. The van der Waals surface area contributed by atoms with Crippen LogP contribution in [0.4, 0.5) is 5.69 Å². The van der Waals surface area contributed by atoms with Gasteiger partial charge in [0.05, 0.1) is 6.10 Å². The van der Waals surface area contributed by atoms with E-state index in [4.69, 9.17) is 5.73 Å². The highest BCUT2D eigenvalue weighted by Gasteiger charge is 2.11. The number of hydrogen-bond acceptors (Lipinski definition) is 3. The highest BCUT2D eigenvalue weighted by Crippen LogP contribution is 2.21. The van der Waals surface area contributed by atoms with Crippen LogP contribution in [0.15, 0.2) is 18.2 Å². The van der Waals surface area contributed by atoms with Crippen LogP contribution in [0.5, 0.6) is 0 Å². The lowest BCUT2D eigenvalue weighted by atomic mass is 10.0. The van der Waals surface area contributed by atoms with E-state index >= 15 is 0 Å². The Morgan fingerprint density at radius 2 is 2.00 bits per heavy atom. The Kier molecular flexibility index (Phi) is 6.89. The first-order chi connectivity index (χ1) is 9.08. The maximum absolute atomic E-state index is 10.2. The average molecular weight is 264 g/mol. The molecule has 1 unspecified atom stereocenters. The summed E-state index contributed by atoms with van der Waals surface area (Å²) in [5.41, 5.74) is 8.63. The Labute approximate surface area is 117 Å². The van der Waals surface area contributed by atoms with Gasteiger partial charge in [0.25, 0.3) is 0 Å². The fourth-order valence-corrected chi connectivity index (χ4v) is 2.15. The van der Waals surface area contributed by atoms with Crippen LogP contribution in [0, 0.1) is 6.92 Å². The highest BCUT2D eigenvalue weighted by molar-refractivity contribution is 5.48. The van der Waals surface area contributed by atoms with E-state index in [0.29, 0.717) is 0 Å². The molecule has 1 aromatic carbocycles. The van der Waals surface area contributed by atoms with E-state index in [1.54, 1.807) is 0 Å². The molecule has 3 nitrogen and oxygen atoms in total. The van der Waals surface area contributed by atoms with Crippen LogP contribution in [-0.2, 0) is 0 Å². The number of hydrogen-bond donors (Lipinski definition) is 2. The van der Waals surface area contributed by atoms with Crippen LogP contribution in [0.3, 0.4) is 0 Å². The molecule has 108 valence electrons. The van der Waals surface area contributed by atoms with Crippen molar-refractivity contribution in [3.63, 3.8) is 0 Å². The third kappa shape index (κ3) is 5.21. The molecular formula is C16H28N2O. The van der Waals surface area contributed by atoms with Crippen LogP contribution >= 0.6 is 0 Å². The number of nitrogens with two attached hydrogens (primary N) is 1. The van der Waals surface area contributed by atoms with E-state index in [-0.39, 0.29) is 0 Å². The van der Waals surface area contributed by atoms with Gasteiger partial charge in [-0.15, -0.1) is 0 Å². The summed E-state index contributed by atoms with van der Waals surface area (Å²) in [6, 6.07) is 5.84. The summed E-state index contributed by atoms with van der Waals surface area (Å²) in [6.45, 7) is 9.46. The van der Waals surface area contributed by atoms with Crippen molar-refractivity contribution in [2.45, 2.75) is 46.1 Å². The molecule has 0 heterocycles. The van der Waals surface area contributed by atoms with Crippen molar-refractivity contribution >= 4 is 5.69 Å².